The summed E-state index contributed by atoms with van der Waals surface area (Å²) in [6, 6.07) is 3.08. The molecule has 3 aliphatic carbocycles. The third kappa shape index (κ3) is 8.08. The molecule has 3 heterocycles. The van der Waals surface area contributed by atoms with Crippen molar-refractivity contribution in [2.45, 2.75) is 133 Å². The summed E-state index contributed by atoms with van der Waals surface area (Å²) in [6.07, 6.45) is -4.55. The number of fused-ring (bicyclic) bond motifs is 5. The smallest absolute Gasteiger partial charge is 0.408 e. The van der Waals surface area contributed by atoms with Crippen molar-refractivity contribution in [3.63, 3.8) is 0 Å². The SMILES string of the molecule is CC[C@@H]1[C@@H]2CN(C(=O)[C@H](C(C)(C)C)NC(=O)O[C@@H]3C/C3=C/CCCC(F)(F)c3nc4ccc(C#N)cc4nc3O2)[C@@H]1C(=O)N[C@]1(C(=O)NS(=O)(=O)C2(C)CC2)C[C@H]1C(F)F. The van der Waals surface area contributed by atoms with Crippen LogP contribution < -0.4 is 20.1 Å². The van der Waals surface area contributed by atoms with Gasteiger partial charge in [-0.3, -0.25) is 19.1 Å². The summed E-state index contributed by atoms with van der Waals surface area (Å²) in [5.74, 6) is -10.4. The van der Waals surface area contributed by atoms with Gasteiger partial charge in [0.15, 0.2) is 5.69 Å². The fourth-order valence-corrected chi connectivity index (χ4v) is 9.38. The molecule has 7 atom stereocenters. The number of carbonyl (C=O) groups excluding carboxylic acids is 4. The third-order valence-electron chi connectivity index (χ3n) is 12.3. The Morgan fingerprint density at radius 2 is 1.83 bits per heavy atom. The number of alkyl halides is 4. The van der Waals surface area contributed by atoms with E-state index in [1.165, 1.54) is 25.1 Å². The molecule has 1 aromatic carbocycles. The van der Waals surface area contributed by atoms with E-state index in [0.717, 1.165) is 4.90 Å². The zero-order valence-corrected chi connectivity index (χ0v) is 34.5. The van der Waals surface area contributed by atoms with Crippen molar-refractivity contribution in [2.75, 3.05) is 6.54 Å². The molecule has 1 aromatic heterocycles. The molecule has 0 radical (unpaired) electrons. The van der Waals surface area contributed by atoms with E-state index in [1.54, 1.807) is 33.8 Å². The lowest BCUT2D eigenvalue weighted by atomic mass is 9.85. The number of nitriles is 1. The fraction of sp³-hybridized carbons (Fsp3) is 0.625. The number of rotatable bonds is 7. The van der Waals surface area contributed by atoms with Crippen molar-refractivity contribution in [1.82, 2.24) is 30.2 Å². The zero-order valence-electron chi connectivity index (χ0n) is 33.7. The predicted molar refractivity (Wildman–Crippen MR) is 205 cm³/mol. The molecule has 20 heteroatoms. The van der Waals surface area contributed by atoms with E-state index in [-0.39, 0.29) is 48.7 Å². The first-order chi connectivity index (χ1) is 28.0. The summed E-state index contributed by atoms with van der Waals surface area (Å²) < 4.78 is 99.8. The first kappa shape index (κ1) is 43.0. The molecule has 15 nitrogen and oxygen atoms in total. The Morgan fingerprint density at radius 1 is 1.12 bits per heavy atom. The Balaban J connectivity index is 1.31. The molecule has 2 bridgehead atoms. The van der Waals surface area contributed by atoms with Crippen molar-refractivity contribution in [3.05, 3.63) is 41.1 Å². The average molecular weight is 862 g/mol. The van der Waals surface area contributed by atoms with E-state index in [4.69, 9.17) is 9.47 Å². The van der Waals surface area contributed by atoms with Gasteiger partial charge < -0.3 is 25.0 Å². The topological polar surface area (TPSA) is 210 Å². The summed E-state index contributed by atoms with van der Waals surface area (Å²) in [4.78, 5) is 66.0. The minimum Gasteiger partial charge on any atom is -0.471 e. The number of sulfonamides is 1. The van der Waals surface area contributed by atoms with Crippen LogP contribution in [0.1, 0.15) is 97.2 Å². The van der Waals surface area contributed by atoms with Crippen molar-refractivity contribution in [1.29, 1.82) is 5.26 Å². The molecule has 324 valence electrons. The van der Waals surface area contributed by atoms with Crippen LogP contribution in [0.25, 0.3) is 11.0 Å². The Labute approximate surface area is 344 Å². The number of halogens is 4. The molecular weight excluding hydrogens is 815 g/mol. The minimum absolute atomic E-state index is 0.00490. The van der Waals surface area contributed by atoms with Crippen molar-refractivity contribution >= 4 is 44.9 Å². The van der Waals surface area contributed by atoms with Crippen LogP contribution in [0.15, 0.2) is 29.8 Å². The highest BCUT2D eigenvalue weighted by molar-refractivity contribution is 7.91. The van der Waals surface area contributed by atoms with Gasteiger partial charge in [0.2, 0.25) is 34.1 Å². The van der Waals surface area contributed by atoms with Gasteiger partial charge in [0.05, 0.1) is 39.9 Å². The molecule has 2 aromatic rings. The quantitative estimate of drug-likeness (QED) is 0.256. The van der Waals surface area contributed by atoms with E-state index in [9.17, 15) is 41.6 Å². The monoisotopic (exact) mass is 861 g/mol. The van der Waals surface area contributed by atoms with Gasteiger partial charge in [-0.25, -0.2) is 32.0 Å². The van der Waals surface area contributed by atoms with E-state index in [0.29, 0.717) is 12.0 Å². The van der Waals surface area contributed by atoms with Crippen LogP contribution in [0.5, 0.6) is 5.88 Å². The number of hydrogen-bond donors (Lipinski definition) is 3. The molecule has 3 saturated carbocycles. The molecule has 60 heavy (non-hydrogen) atoms. The average Bonchev–Trinajstić information content (AvgIpc) is 4.12. The van der Waals surface area contributed by atoms with Gasteiger partial charge in [0.1, 0.15) is 29.8 Å². The Morgan fingerprint density at radius 3 is 2.45 bits per heavy atom. The zero-order chi connectivity index (χ0) is 43.7. The number of alkyl carbamates (subject to hydrolysis) is 1. The van der Waals surface area contributed by atoms with E-state index >= 15 is 8.78 Å². The lowest BCUT2D eigenvalue weighted by Crippen LogP contribution is -2.61. The standard InChI is InChI=1S/C40H47F4N7O8S/c1-6-22-27-19-51(28(22)32(52)49-39(17-23(39)31(41)42)35(54)50-60(56,57)38(5)13-14-38)34(53)30(37(2,3)4)48-36(55)59-26-16-21(26)9-7-8-12-40(43,44)29-33(58-27)47-25-15-20(18-45)10-11-24(25)46-29/h9-11,15,22-23,26-28,30-31H,6-8,12-14,16-17,19H2,1-5H3,(H,48,55)(H,49,52)(H,50,54)/b21-9-/t22-,23+,26-,27+,28+,30-,39-/m1/s1. The maximum atomic E-state index is 16.3. The van der Waals surface area contributed by atoms with E-state index < -0.39 is 129 Å². The predicted octanol–water partition coefficient (Wildman–Crippen LogP) is 4.74. The van der Waals surface area contributed by atoms with Crippen LogP contribution in [-0.4, -0.2) is 94.6 Å². The van der Waals surface area contributed by atoms with Crippen LogP contribution in [-0.2, 0) is 35.1 Å². The van der Waals surface area contributed by atoms with Crippen LogP contribution in [0.3, 0.4) is 0 Å². The lowest BCUT2D eigenvalue weighted by molar-refractivity contribution is -0.144. The van der Waals surface area contributed by atoms with Gasteiger partial charge in [-0.05, 0) is 74.6 Å². The third-order valence-corrected chi connectivity index (χ3v) is 14.5. The van der Waals surface area contributed by atoms with Gasteiger partial charge in [0, 0.05) is 18.8 Å². The van der Waals surface area contributed by atoms with Gasteiger partial charge in [-0.1, -0.05) is 33.8 Å². The first-order valence-corrected chi connectivity index (χ1v) is 21.4. The maximum Gasteiger partial charge on any atom is 0.408 e. The summed E-state index contributed by atoms with van der Waals surface area (Å²) in [5, 5.41) is 14.5. The molecule has 5 aliphatic rings. The van der Waals surface area contributed by atoms with Crippen molar-refractivity contribution in [3.8, 4) is 11.9 Å². The Kier molecular flexibility index (Phi) is 10.9. The normalized spacial score (nSPS) is 30.8. The van der Waals surface area contributed by atoms with Gasteiger partial charge in [-0.15, -0.1) is 0 Å². The molecule has 0 spiro atoms. The molecule has 4 fully saturated rings. The first-order valence-electron chi connectivity index (χ1n) is 19.9. The largest absolute Gasteiger partial charge is 0.471 e. The second-order valence-corrected chi connectivity index (χ2v) is 20.0. The molecule has 0 unspecified atom stereocenters. The van der Waals surface area contributed by atoms with Gasteiger partial charge in [-0.2, -0.15) is 14.0 Å². The van der Waals surface area contributed by atoms with Crippen molar-refractivity contribution in [2.24, 2.45) is 17.3 Å². The number of ether oxygens (including phenoxy) is 2. The van der Waals surface area contributed by atoms with Crippen LogP contribution in [0, 0.1) is 28.6 Å². The number of nitrogens with zero attached hydrogens (tertiary/aromatic N) is 4. The molecule has 4 amide bonds. The van der Waals surface area contributed by atoms with Gasteiger partial charge >= 0.3 is 6.09 Å². The number of hydrogen-bond acceptors (Lipinski definition) is 11. The highest BCUT2D eigenvalue weighted by atomic mass is 32.2. The van der Waals surface area contributed by atoms with E-state index in [2.05, 4.69) is 20.6 Å². The fourth-order valence-electron chi connectivity index (χ4n) is 8.06. The Hall–Kier alpha value is -5.06. The summed E-state index contributed by atoms with van der Waals surface area (Å²) in [5.41, 5.74) is -3.26. The van der Waals surface area contributed by atoms with Gasteiger partial charge in [0.25, 0.3) is 11.8 Å². The number of amides is 4. The number of benzene rings is 1. The summed E-state index contributed by atoms with van der Waals surface area (Å²) in [6.45, 7) is 7.48. The number of carbonyl (C=O) groups is 4. The highest BCUT2D eigenvalue weighted by Crippen LogP contribution is 2.50. The van der Waals surface area contributed by atoms with Crippen LogP contribution in [0.4, 0.5) is 22.4 Å². The summed E-state index contributed by atoms with van der Waals surface area (Å²) in [7, 11) is -4.33. The molecule has 7 rings (SSSR count). The number of aromatic nitrogens is 2. The molecular formula is C40H47F4N7O8S. The highest BCUT2D eigenvalue weighted by Gasteiger charge is 2.68. The lowest BCUT2D eigenvalue weighted by Gasteiger charge is -2.36. The number of allylic oxidation sites excluding steroid dienone is 1. The maximum absolute atomic E-state index is 16.3. The summed E-state index contributed by atoms with van der Waals surface area (Å²) >= 11 is 0. The minimum atomic E-state index is -4.33. The number of nitrogens with one attached hydrogen (secondary N) is 3. The molecule has 2 aliphatic heterocycles. The van der Waals surface area contributed by atoms with Crippen molar-refractivity contribution < 1.29 is 54.6 Å². The Bertz CT molecular complexity index is 2310. The second kappa shape index (κ2) is 15.1. The molecule has 1 saturated heterocycles. The second-order valence-electron chi connectivity index (χ2n) is 17.8. The molecule has 3 N–H and O–H groups in total. The van der Waals surface area contributed by atoms with E-state index in [1.807, 2.05) is 10.8 Å². The van der Waals surface area contributed by atoms with Crippen LogP contribution >= 0.6 is 0 Å². The van der Waals surface area contributed by atoms with Crippen LogP contribution in [0.2, 0.25) is 0 Å².